The van der Waals surface area contributed by atoms with Crippen molar-refractivity contribution in [1.82, 2.24) is 4.98 Å². The molecule has 2 aromatic rings. The van der Waals surface area contributed by atoms with Crippen LogP contribution < -0.4 is 5.32 Å². The van der Waals surface area contributed by atoms with Crippen LogP contribution in [0.5, 0.6) is 0 Å². The van der Waals surface area contributed by atoms with Crippen LogP contribution in [0, 0.1) is 18.6 Å². The van der Waals surface area contributed by atoms with E-state index in [1.807, 2.05) is 0 Å². The maximum atomic E-state index is 13.3. The second-order valence-electron chi connectivity index (χ2n) is 4.32. The number of carbonyl (C=O) groups excluding carboxylic acids is 1. The van der Waals surface area contributed by atoms with Gasteiger partial charge in [0.15, 0.2) is 11.6 Å². The third-order valence-corrected chi connectivity index (χ3v) is 4.74. The number of halogens is 4. The quantitative estimate of drug-likeness (QED) is 0.597. The van der Waals surface area contributed by atoms with Crippen molar-refractivity contribution in [2.24, 2.45) is 0 Å². The van der Waals surface area contributed by atoms with Gasteiger partial charge in [0.05, 0.1) is 4.47 Å². The summed E-state index contributed by atoms with van der Waals surface area (Å²) in [6.07, 6.45) is 0. The predicted molar refractivity (Wildman–Crippen MR) is 80.6 cm³/mol. The van der Waals surface area contributed by atoms with E-state index < -0.39 is 26.6 Å². The molecule has 0 atom stereocenters. The normalized spacial score (nSPS) is 11.5. The minimum Gasteiger partial charge on any atom is -0.353 e. The Kier molecular flexibility index (Phi) is 4.59. The molecule has 118 valence electrons. The molecule has 0 spiro atoms. The number of H-pyrrole nitrogens is 1. The molecule has 2 N–H and O–H groups in total. The van der Waals surface area contributed by atoms with Gasteiger partial charge in [-0.2, -0.15) is 0 Å². The van der Waals surface area contributed by atoms with Crippen LogP contribution >= 0.6 is 26.6 Å². The minimum absolute atomic E-state index is 0.00157. The first kappa shape index (κ1) is 16.9. The number of aryl methyl sites for hydroxylation is 1. The molecule has 1 amide bonds. The summed E-state index contributed by atoms with van der Waals surface area (Å²) in [6.45, 7) is 1.43. The third-order valence-electron chi connectivity index (χ3n) is 2.72. The topological polar surface area (TPSA) is 79.0 Å². The highest BCUT2D eigenvalue weighted by Gasteiger charge is 2.20. The monoisotopic (exact) mass is 412 g/mol. The number of benzene rings is 1. The molecular formula is C12H8BrClF2N2O3S. The van der Waals surface area contributed by atoms with Gasteiger partial charge in [0.25, 0.3) is 15.0 Å². The molecule has 0 bridgehead atoms. The molecule has 1 aromatic heterocycles. The number of rotatable bonds is 3. The van der Waals surface area contributed by atoms with E-state index in [2.05, 4.69) is 26.2 Å². The molecule has 0 radical (unpaired) electrons. The van der Waals surface area contributed by atoms with E-state index in [1.54, 1.807) is 0 Å². The fourth-order valence-corrected chi connectivity index (χ4v) is 3.33. The fourth-order valence-electron chi connectivity index (χ4n) is 1.74. The van der Waals surface area contributed by atoms with Crippen molar-refractivity contribution < 1.29 is 22.0 Å². The average Bonchev–Trinajstić information content (AvgIpc) is 2.78. The SMILES string of the molecule is Cc1[nH]c(C(=O)Nc2cc(F)c(F)c(Br)c2)cc1S(=O)(=O)Cl. The van der Waals surface area contributed by atoms with Crippen LogP contribution in [0.3, 0.4) is 0 Å². The molecule has 0 aliphatic heterocycles. The Hall–Kier alpha value is -1.45. The lowest BCUT2D eigenvalue weighted by Gasteiger charge is -2.05. The zero-order valence-corrected chi connectivity index (χ0v) is 14.0. The fraction of sp³-hybridized carbons (Fsp3) is 0.0833. The van der Waals surface area contributed by atoms with Gasteiger partial charge in [-0.1, -0.05) is 0 Å². The molecular weight excluding hydrogens is 406 g/mol. The van der Waals surface area contributed by atoms with Crippen molar-refractivity contribution >= 4 is 47.3 Å². The Morgan fingerprint density at radius 1 is 1.32 bits per heavy atom. The molecule has 22 heavy (non-hydrogen) atoms. The maximum Gasteiger partial charge on any atom is 0.272 e. The molecule has 0 aliphatic carbocycles. The summed E-state index contributed by atoms with van der Waals surface area (Å²) >= 11 is 2.81. The van der Waals surface area contributed by atoms with Crippen LogP contribution in [0.2, 0.25) is 0 Å². The summed E-state index contributed by atoms with van der Waals surface area (Å²) < 4.78 is 48.8. The van der Waals surface area contributed by atoms with Crippen molar-refractivity contribution in [3.63, 3.8) is 0 Å². The largest absolute Gasteiger partial charge is 0.353 e. The number of carbonyl (C=O) groups is 1. The first-order chi connectivity index (χ1) is 10.1. The number of hydrogen-bond acceptors (Lipinski definition) is 3. The van der Waals surface area contributed by atoms with Crippen LogP contribution in [0.25, 0.3) is 0 Å². The first-order valence-corrected chi connectivity index (χ1v) is 8.80. The minimum atomic E-state index is -3.99. The highest BCUT2D eigenvalue weighted by molar-refractivity contribution is 9.10. The zero-order chi connectivity index (χ0) is 16.7. The van der Waals surface area contributed by atoms with Crippen molar-refractivity contribution in [3.05, 3.63) is 45.7 Å². The molecule has 0 saturated carbocycles. The maximum absolute atomic E-state index is 13.3. The number of aromatic amines is 1. The summed E-state index contributed by atoms with van der Waals surface area (Å²) in [5.41, 5.74) is 0.0995. The van der Waals surface area contributed by atoms with Gasteiger partial charge in [-0.3, -0.25) is 4.79 Å². The standard InChI is InChI=1S/C12H8BrClF2N2O3S/c1-5-10(22(14,20)21)4-9(17-5)12(19)18-6-2-7(13)11(16)8(15)3-6/h2-4,17H,1H3,(H,18,19). The van der Waals surface area contributed by atoms with Gasteiger partial charge >= 0.3 is 0 Å². The Labute approximate surface area is 137 Å². The smallest absolute Gasteiger partial charge is 0.272 e. The molecule has 1 aromatic carbocycles. The van der Waals surface area contributed by atoms with Gasteiger partial charge < -0.3 is 10.3 Å². The van der Waals surface area contributed by atoms with Gasteiger partial charge in [0, 0.05) is 28.1 Å². The Morgan fingerprint density at radius 3 is 2.45 bits per heavy atom. The van der Waals surface area contributed by atoms with Crippen LogP contribution in [0.1, 0.15) is 16.2 Å². The van der Waals surface area contributed by atoms with Gasteiger partial charge in [0.1, 0.15) is 10.6 Å². The lowest BCUT2D eigenvalue weighted by molar-refractivity contribution is 0.102. The van der Waals surface area contributed by atoms with E-state index in [0.717, 1.165) is 12.1 Å². The Bertz CT molecular complexity index is 844. The average molecular weight is 414 g/mol. The van der Waals surface area contributed by atoms with E-state index in [-0.39, 0.29) is 26.4 Å². The number of anilines is 1. The van der Waals surface area contributed by atoms with Crippen molar-refractivity contribution in [3.8, 4) is 0 Å². The van der Waals surface area contributed by atoms with Crippen molar-refractivity contribution in [1.29, 1.82) is 0 Å². The Balaban J connectivity index is 2.31. The van der Waals surface area contributed by atoms with Gasteiger partial charge in [-0.25, -0.2) is 17.2 Å². The molecule has 0 unspecified atom stereocenters. The van der Waals surface area contributed by atoms with E-state index >= 15 is 0 Å². The molecule has 10 heteroatoms. The summed E-state index contributed by atoms with van der Waals surface area (Å²) in [5.74, 6) is -2.95. The molecule has 0 saturated heterocycles. The lowest BCUT2D eigenvalue weighted by Crippen LogP contribution is -2.12. The predicted octanol–water partition coefficient (Wildman–Crippen LogP) is 3.54. The number of hydrogen-bond donors (Lipinski definition) is 2. The molecule has 2 rings (SSSR count). The highest BCUT2D eigenvalue weighted by atomic mass is 79.9. The summed E-state index contributed by atoms with van der Waals surface area (Å²) in [6, 6.07) is 3.03. The highest BCUT2D eigenvalue weighted by Crippen LogP contribution is 2.25. The van der Waals surface area contributed by atoms with Crippen LogP contribution in [0.15, 0.2) is 27.6 Å². The van der Waals surface area contributed by atoms with E-state index in [0.29, 0.717) is 0 Å². The van der Waals surface area contributed by atoms with Crippen LogP contribution in [-0.2, 0) is 9.05 Å². The number of nitrogens with one attached hydrogen (secondary N) is 2. The molecule has 1 heterocycles. The van der Waals surface area contributed by atoms with Crippen molar-refractivity contribution in [2.45, 2.75) is 11.8 Å². The van der Waals surface area contributed by atoms with Crippen LogP contribution in [-0.4, -0.2) is 19.3 Å². The van der Waals surface area contributed by atoms with E-state index in [1.165, 1.54) is 13.0 Å². The van der Waals surface area contributed by atoms with E-state index in [9.17, 15) is 22.0 Å². The lowest BCUT2D eigenvalue weighted by atomic mass is 10.3. The second kappa shape index (κ2) is 5.98. The molecule has 0 fully saturated rings. The van der Waals surface area contributed by atoms with Gasteiger partial charge in [-0.15, -0.1) is 0 Å². The number of amides is 1. The zero-order valence-electron chi connectivity index (χ0n) is 10.9. The third kappa shape index (κ3) is 3.47. The van der Waals surface area contributed by atoms with E-state index in [4.69, 9.17) is 10.7 Å². The summed E-state index contributed by atoms with van der Waals surface area (Å²) in [5, 5.41) is 2.31. The Morgan fingerprint density at radius 2 is 1.95 bits per heavy atom. The molecule has 5 nitrogen and oxygen atoms in total. The van der Waals surface area contributed by atoms with Gasteiger partial charge in [-0.05, 0) is 35.0 Å². The molecule has 0 aliphatic rings. The first-order valence-electron chi connectivity index (χ1n) is 5.69. The van der Waals surface area contributed by atoms with Crippen LogP contribution in [0.4, 0.5) is 14.5 Å². The summed E-state index contributed by atoms with van der Waals surface area (Å²) in [4.78, 5) is 14.3. The second-order valence-corrected chi connectivity index (χ2v) is 7.71. The van der Waals surface area contributed by atoms with Gasteiger partial charge in [0.2, 0.25) is 0 Å². The number of aromatic nitrogens is 1. The van der Waals surface area contributed by atoms with Crippen molar-refractivity contribution in [2.75, 3.05) is 5.32 Å². The summed E-state index contributed by atoms with van der Waals surface area (Å²) in [7, 11) is 1.23.